The molecule has 1 saturated heterocycles. The van der Waals surface area contributed by atoms with Crippen LogP contribution in [0.1, 0.15) is 12.0 Å². The summed E-state index contributed by atoms with van der Waals surface area (Å²) in [7, 11) is 1.29. The van der Waals surface area contributed by atoms with E-state index in [0.717, 1.165) is 17.0 Å². The highest BCUT2D eigenvalue weighted by Gasteiger charge is 2.41. The van der Waals surface area contributed by atoms with Crippen molar-refractivity contribution in [2.75, 3.05) is 17.2 Å². The second kappa shape index (κ2) is 5.90. The fourth-order valence-electron chi connectivity index (χ4n) is 2.43. The van der Waals surface area contributed by atoms with E-state index >= 15 is 0 Å². The molecule has 0 N–H and O–H groups in total. The van der Waals surface area contributed by atoms with E-state index in [1.165, 1.54) is 6.07 Å². The maximum absolute atomic E-state index is 13.1. The number of carbonyl (C=O) groups is 1. The van der Waals surface area contributed by atoms with Crippen molar-refractivity contribution in [2.45, 2.75) is 12.6 Å². The molecule has 0 aliphatic carbocycles. The van der Waals surface area contributed by atoms with Crippen LogP contribution in [0.5, 0.6) is 0 Å². The molecule has 22 heavy (non-hydrogen) atoms. The number of carbonyl (C=O) groups excluding carboxylic acids is 1. The molecule has 1 aliphatic heterocycles. The van der Waals surface area contributed by atoms with Gasteiger partial charge in [-0.15, -0.1) is 0 Å². The molecule has 4 nitrogen and oxygen atoms in total. The molecular weight excluding hydrogens is 366 g/mol. The molecule has 1 fully saturated rings. The van der Waals surface area contributed by atoms with Gasteiger partial charge in [0.2, 0.25) is 15.0 Å². The van der Waals surface area contributed by atoms with Gasteiger partial charge in [0.05, 0.1) is 22.0 Å². The largest absolute Gasteiger partial charge is 0.419 e. The lowest BCUT2D eigenvalue weighted by molar-refractivity contribution is -0.137. The van der Waals surface area contributed by atoms with Crippen LogP contribution in [0, 0.1) is 5.92 Å². The second-order valence-electron chi connectivity index (χ2n) is 4.91. The SMILES string of the molecule is O=C1CC(CS(=O)(=O)Cl)CN1c1cccc(Cl)c1C(F)(F)F. The summed E-state index contributed by atoms with van der Waals surface area (Å²) in [6.07, 6.45) is -4.92. The fraction of sp³-hybridized carbons (Fsp3) is 0.417. The van der Waals surface area contributed by atoms with Gasteiger partial charge in [0.25, 0.3) is 0 Å². The molecule has 2 rings (SSSR count). The van der Waals surface area contributed by atoms with Crippen LogP contribution >= 0.6 is 22.3 Å². The quantitative estimate of drug-likeness (QED) is 0.761. The molecule has 10 heteroatoms. The molecule has 0 bridgehead atoms. The Bertz CT molecular complexity index is 706. The average molecular weight is 376 g/mol. The van der Waals surface area contributed by atoms with Crippen LogP contribution in [0.25, 0.3) is 0 Å². The summed E-state index contributed by atoms with van der Waals surface area (Å²) >= 11 is 5.61. The van der Waals surface area contributed by atoms with Gasteiger partial charge < -0.3 is 4.90 Å². The van der Waals surface area contributed by atoms with Gasteiger partial charge in [-0.05, 0) is 12.1 Å². The number of alkyl halides is 3. The molecular formula is C12H10Cl2F3NO3S. The van der Waals surface area contributed by atoms with Crippen LogP contribution in [-0.4, -0.2) is 26.6 Å². The molecule has 1 aromatic carbocycles. The van der Waals surface area contributed by atoms with Gasteiger partial charge in [-0.25, -0.2) is 8.42 Å². The summed E-state index contributed by atoms with van der Waals surface area (Å²) in [6.45, 7) is -0.159. The Morgan fingerprint density at radius 2 is 1.95 bits per heavy atom. The molecule has 122 valence electrons. The molecule has 0 radical (unpaired) electrons. The van der Waals surface area contributed by atoms with Gasteiger partial charge in [-0.3, -0.25) is 4.79 Å². The van der Waals surface area contributed by atoms with Crippen molar-refractivity contribution in [3.8, 4) is 0 Å². The zero-order chi connectivity index (χ0) is 16.7. The first-order valence-electron chi connectivity index (χ1n) is 6.07. The standard InChI is InChI=1S/C12H10Cl2F3NO3S/c13-8-2-1-3-9(11(8)12(15,16)17)18-5-7(4-10(18)19)6-22(14,20)21/h1-3,7H,4-6H2. The summed E-state index contributed by atoms with van der Waals surface area (Å²) in [4.78, 5) is 12.8. The Labute approximate surface area is 134 Å². The van der Waals surface area contributed by atoms with E-state index in [1.807, 2.05) is 0 Å². The summed E-state index contributed by atoms with van der Waals surface area (Å²) in [5.41, 5.74) is -1.49. The maximum Gasteiger partial charge on any atom is 0.419 e. The van der Waals surface area contributed by atoms with Crippen molar-refractivity contribution in [3.63, 3.8) is 0 Å². The zero-order valence-electron chi connectivity index (χ0n) is 10.9. The lowest BCUT2D eigenvalue weighted by Crippen LogP contribution is -2.28. The first-order valence-corrected chi connectivity index (χ1v) is 8.93. The summed E-state index contributed by atoms with van der Waals surface area (Å²) in [5.74, 6) is -1.73. The van der Waals surface area contributed by atoms with Crippen LogP contribution in [-0.2, 0) is 20.0 Å². The Kier molecular flexibility index (Phi) is 4.66. The van der Waals surface area contributed by atoms with E-state index in [-0.39, 0.29) is 18.7 Å². The van der Waals surface area contributed by atoms with Gasteiger partial charge in [-0.1, -0.05) is 17.7 Å². The molecule has 0 saturated carbocycles. The normalized spacial score (nSPS) is 19.8. The van der Waals surface area contributed by atoms with E-state index in [1.54, 1.807) is 0 Å². The third-order valence-electron chi connectivity index (χ3n) is 3.21. The number of halogens is 5. The highest BCUT2D eigenvalue weighted by atomic mass is 35.7. The minimum Gasteiger partial charge on any atom is -0.311 e. The molecule has 1 aromatic rings. The highest BCUT2D eigenvalue weighted by molar-refractivity contribution is 8.13. The minimum absolute atomic E-state index is 0.159. The van der Waals surface area contributed by atoms with E-state index in [9.17, 15) is 26.4 Å². The van der Waals surface area contributed by atoms with Crippen LogP contribution in [0.15, 0.2) is 18.2 Å². The third-order valence-corrected chi connectivity index (χ3v) is 4.77. The zero-order valence-corrected chi connectivity index (χ0v) is 13.2. The van der Waals surface area contributed by atoms with Gasteiger partial charge >= 0.3 is 6.18 Å². The fourth-order valence-corrected chi connectivity index (χ4v) is 4.02. The molecule has 1 heterocycles. The van der Waals surface area contributed by atoms with E-state index in [0.29, 0.717) is 0 Å². The smallest absolute Gasteiger partial charge is 0.311 e. The summed E-state index contributed by atoms with van der Waals surface area (Å²) < 4.78 is 61.5. The van der Waals surface area contributed by atoms with Crippen molar-refractivity contribution in [1.82, 2.24) is 0 Å². The number of anilines is 1. The summed E-state index contributed by atoms with van der Waals surface area (Å²) in [5, 5.41) is -0.522. The minimum atomic E-state index is -4.73. The number of benzene rings is 1. The lowest BCUT2D eigenvalue weighted by Gasteiger charge is -2.22. The van der Waals surface area contributed by atoms with Crippen molar-refractivity contribution in [3.05, 3.63) is 28.8 Å². The topological polar surface area (TPSA) is 54.5 Å². The van der Waals surface area contributed by atoms with Gasteiger partial charge in [-0.2, -0.15) is 13.2 Å². The Morgan fingerprint density at radius 3 is 2.50 bits per heavy atom. The number of nitrogens with zero attached hydrogens (tertiary/aromatic N) is 1. The Balaban J connectivity index is 2.38. The molecule has 1 amide bonds. The van der Waals surface area contributed by atoms with Crippen molar-refractivity contribution < 1.29 is 26.4 Å². The van der Waals surface area contributed by atoms with Crippen molar-refractivity contribution >= 4 is 42.9 Å². The summed E-state index contributed by atoms with van der Waals surface area (Å²) in [6, 6.07) is 3.51. The molecule has 0 aromatic heterocycles. The van der Waals surface area contributed by atoms with Crippen LogP contribution < -0.4 is 4.90 Å². The molecule has 1 aliphatic rings. The lowest BCUT2D eigenvalue weighted by atomic mass is 10.1. The monoisotopic (exact) mass is 375 g/mol. The number of amides is 1. The van der Waals surface area contributed by atoms with E-state index in [2.05, 4.69) is 0 Å². The van der Waals surface area contributed by atoms with E-state index in [4.69, 9.17) is 22.3 Å². The van der Waals surface area contributed by atoms with Crippen LogP contribution in [0.4, 0.5) is 18.9 Å². The number of hydrogen-bond donors (Lipinski definition) is 0. The predicted molar refractivity (Wildman–Crippen MR) is 76.6 cm³/mol. The number of hydrogen-bond acceptors (Lipinski definition) is 3. The van der Waals surface area contributed by atoms with Gasteiger partial charge in [0, 0.05) is 29.6 Å². The molecule has 0 spiro atoms. The van der Waals surface area contributed by atoms with Gasteiger partial charge in [0.15, 0.2) is 0 Å². The second-order valence-corrected chi connectivity index (χ2v) is 8.14. The first kappa shape index (κ1) is 17.4. The maximum atomic E-state index is 13.1. The first-order chi connectivity index (χ1) is 9.99. The predicted octanol–water partition coefficient (Wildman–Crippen LogP) is 3.28. The van der Waals surface area contributed by atoms with Crippen LogP contribution in [0.2, 0.25) is 5.02 Å². The third kappa shape index (κ3) is 3.85. The average Bonchev–Trinajstić information content (AvgIpc) is 2.65. The highest BCUT2D eigenvalue weighted by Crippen LogP contribution is 2.42. The molecule has 1 atom stereocenters. The Morgan fingerprint density at radius 1 is 1.32 bits per heavy atom. The van der Waals surface area contributed by atoms with Crippen molar-refractivity contribution in [1.29, 1.82) is 0 Å². The molecule has 1 unspecified atom stereocenters. The van der Waals surface area contributed by atoms with Crippen LogP contribution in [0.3, 0.4) is 0 Å². The van der Waals surface area contributed by atoms with Gasteiger partial charge in [0.1, 0.15) is 0 Å². The Hall–Kier alpha value is -0.990. The van der Waals surface area contributed by atoms with E-state index < -0.39 is 43.4 Å². The number of rotatable bonds is 3. The van der Waals surface area contributed by atoms with Crippen molar-refractivity contribution in [2.24, 2.45) is 5.92 Å².